The highest BCUT2D eigenvalue weighted by Crippen LogP contribution is 2.35. The summed E-state index contributed by atoms with van der Waals surface area (Å²) >= 11 is 0. The normalized spacial score (nSPS) is 11.1. The third-order valence-corrected chi connectivity index (χ3v) is 5.61. The number of aromatic nitrogens is 1. The highest BCUT2D eigenvalue weighted by molar-refractivity contribution is 5.89. The molecule has 0 aliphatic rings. The van der Waals surface area contributed by atoms with Gasteiger partial charge in [0, 0.05) is 18.0 Å². The van der Waals surface area contributed by atoms with Crippen LogP contribution in [-0.4, -0.2) is 24.9 Å². The van der Waals surface area contributed by atoms with Crippen LogP contribution in [0.5, 0.6) is 17.2 Å². The number of ether oxygens (including phenoxy) is 3. The SMILES string of the molecule is CCCCCCCCn1c(=O)c(OCCCC)c(OCCCC)c2ccc(OC)cc21. The Kier molecular flexibility index (Phi) is 11.3. The van der Waals surface area contributed by atoms with Crippen LogP contribution < -0.4 is 19.8 Å². The molecule has 1 aromatic carbocycles. The summed E-state index contributed by atoms with van der Waals surface area (Å²) in [6.45, 7) is 8.24. The summed E-state index contributed by atoms with van der Waals surface area (Å²) in [5.41, 5.74) is 0.754. The molecule has 0 saturated carbocycles. The average Bonchev–Trinajstić information content (AvgIpc) is 2.79. The molecule has 0 N–H and O–H groups in total. The van der Waals surface area contributed by atoms with Crippen molar-refractivity contribution in [3.05, 3.63) is 28.6 Å². The number of fused-ring (bicyclic) bond motifs is 1. The second kappa shape index (κ2) is 14.0. The van der Waals surface area contributed by atoms with Gasteiger partial charge >= 0.3 is 0 Å². The lowest BCUT2D eigenvalue weighted by atomic mass is 10.1. The van der Waals surface area contributed by atoms with Crippen LogP contribution in [0.1, 0.15) is 85.0 Å². The van der Waals surface area contributed by atoms with Gasteiger partial charge in [-0.05, 0) is 31.4 Å². The van der Waals surface area contributed by atoms with Crippen molar-refractivity contribution in [1.29, 1.82) is 0 Å². The van der Waals surface area contributed by atoms with Crippen molar-refractivity contribution in [2.24, 2.45) is 0 Å². The van der Waals surface area contributed by atoms with E-state index in [0.29, 0.717) is 31.3 Å². The van der Waals surface area contributed by atoms with Crippen molar-refractivity contribution in [3.63, 3.8) is 0 Å². The number of rotatable bonds is 16. The maximum absolute atomic E-state index is 13.5. The molecule has 2 aromatic rings. The molecule has 2 rings (SSSR count). The zero-order valence-corrected chi connectivity index (χ0v) is 20.0. The quantitative estimate of drug-likeness (QED) is 0.277. The van der Waals surface area contributed by atoms with Crippen molar-refractivity contribution >= 4 is 10.9 Å². The van der Waals surface area contributed by atoms with Crippen molar-refractivity contribution in [2.75, 3.05) is 20.3 Å². The van der Waals surface area contributed by atoms with E-state index in [4.69, 9.17) is 14.2 Å². The zero-order chi connectivity index (χ0) is 22.5. The molecule has 0 aliphatic carbocycles. The minimum atomic E-state index is -0.100. The summed E-state index contributed by atoms with van der Waals surface area (Å²) in [4.78, 5) is 13.5. The number of pyridine rings is 1. The fourth-order valence-corrected chi connectivity index (χ4v) is 3.69. The van der Waals surface area contributed by atoms with E-state index < -0.39 is 0 Å². The monoisotopic (exact) mass is 431 g/mol. The summed E-state index contributed by atoms with van der Waals surface area (Å²) < 4.78 is 19.4. The maximum Gasteiger partial charge on any atom is 0.297 e. The van der Waals surface area contributed by atoms with Gasteiger partial charge in [-0.1, -0.05) is 65.7 Å². The van der Waals surface area contributed by atoms with Crippen molar-refractivity contribution in [1.82, 2.24) is 4.57 Å². The molecule has 0 spiro atoms. The van der Waals surface area contributed by atoms with Gasteiger partial charge in [-0.3, -0.25) is 4.79 Å². The Labute approximate surface area is 187 Å². The molecule has 0 radical (unpaired) electrons. The molecule has 174 valence electrons. The van der Waals surface area contributed by atoms with Gasteiger partial charge in [0.2, 0.25) is 5.75 Å². The van der Waals surface area contributed by atoms with Crippen LogP contribution in [0, 0.1) is 0 Å². The van der Waals surface area contributed by atoms with E-state index in [2.05, 4.69) is 20.8 Å². The first-order valence-corrected chi connectivity index (χ1v) is 12.2. The average molecular weight is 432 g/mol. The third-order valence-electron chi connectivity index (χ3n) is 5.61. The fourth-order valence-electron chi connectivity index (χ4n) is 3.69. The molecule has 0 unspecified atom stereocenters. The Bertz CT molecular complexity index is 843. The Morgan fingerprint density at radius 1 is 0.774 bits per heavy atom. The highest BCUT2D eigenvalue weighted by Gasteiger charge is 2.20. The van der Waals surface area contributed by atoms with Crippen LogP contribution in [0.25, 0.3) is 10.9 Å². The second-order valence-electron chi connectivity index (χ2n) is 8.17. The Hall–Kier alpha value is -2.17. The Morgan fingerprint density at radius 2 is 1.39 bits per heavy atom. The number of methoxy groups -OCH3 is 1. The fraction of sp³-hybridized carbons (Fsp3) is 0.654. The van der Waals surface area contributed by atoms with E-state index >= 15 is 0 Å². The minimum Gasteiger partial charge on any atom is -0.497 e. The van der Waals surface area contributed by atoms with Gasteiger partial charge in [0.15, 0.2) is 5.75 Å². The lowest BCUT2D eigenvalue weighted by Crippen LogP contribution is -2.24. The number of aryl methyl sites for hydroxylation is 1. The summed E-state index contributed by atoms with van der Waals surface area (Å²) in [6.07, 6.45) is 11.0. The van der Waals surface area contributed by atoms with Gasteiger partial charge < -0.3 is 18.8 Å². The second-order valence-corrected chi connectivity index (χ2v) is 8.17. The highest BCUT2D eigenvalue weighted by atomic mass is 16.5. The van der Waals surface area contributed by atoms with Gasteiger partial charge in [-0.15, -0.1) is 0 Å². The smallest absolute Gasteiger partial charge is 0.297 e. The van der Waals surface area contributed by atoms with Gasteiger partial charge in [0.1, 0.15) is 5.75 Å². The van der Waals surface area contributed by atoms with Gasteiger partial charge in [0.05, 0.1) is 25.8 Å². The van der Waals surface area contributed by atoms with E-state index in [1.54, 1.807) is 7.11 Å². The van der Waals surface area contributed by atoms with Gasteiger partial charge in [-0.2, -0.15) is 0 Å². The van der Waals surface area contributed by atoms with Crippen molar-refractivity contribution in [3.8, 4) is 17.2 Å². The molecule has 0 fully saturated rings. The van der Waals surface area contributed by atoms with Crippen molar-refractivity contribution in [2.45, 2.75) is 91.5 Å². The number of hydrogen-bond donors (Lipinski definition) is 0. The van der Waals surface area contributed by atoms with Gasteiger partial charge in [-0.25, -0.2) is 0 Å². The molecule has 0 aliphatic heterocycles. The topological polar surface area (TPSA) is 49.7 Å². The summed E-state index contributed by atoms with van der Waals surface area (Å²) in [6, 6.07) is 5.85. The molecule has 1 heterocycles. The van der Waals surface area contributed by atoms with E-state index in [-0.39, 0.29) is 5.56 Å². The molecule has 0 amide bonds. The first-order valence-electron chi connectivity index (χ1n) is 12.2. The van der Waals surface area contributed by atoms with Crippen LogP contribution in [0.15, 0.2) is 23.0 Å². The van der Waals surface area contributed by atoms with Gasteiger partial charge in [0.25, 0.3) is 5.56 Å². The number of hydrogen-bond acceptors (Lipinski definition) is 4. The van der Waals surface area contributed by atoms with E-state index in [1.807, 2.05) is 22.8 Å². The number of unbranched alkanes of at least 4 members (excludes halogenated alkanes) is 7. The van der Waals surface area contributed by atoms with Crippen molar-refractivity contribution < 1.29 is 14.2 Å². The van der Waals surface area contributed by atoms with E-state index in [1.165, 1.54) is 25.7 Å². The van der Waals surface area contributed by atoms with E-state index in [0.717, 1.165) is 55.2 Å². The summed E-state index contributed by atoms with van der Waals surface area (Å²) in [5.74, 6) is 1.67. The lowest BCUT2D eigenvalue weighted by molar-refractivity contribution is 0.259. The van der Waals surface area contributed by atoms with Crippen LogP contribution >= 0.6 is 0 Å². The molecule has 0 saturated heterocycles. The minimum absolute atomic E-state index is 0.100. The first-order chi connectivity index (χ1) is 15.2. The largest absolute Gasteiger partial charge is 0.497 e. The Morgan fingerprint density at radius 3 is 2.03 bits per heavy atom. The molecule has 31 heavy (non-hydrogen) atoms. The zero-order valence-electron chi connectivity index (χ0n) is 20.0. The predicted molar refractivity (Wildman–Crippen MR) is 129 cm³/mol. The predicted octanol–water partition coefficient (Wildman–Crippen LogP) is 6.73. The van der Waals surface area contributed by atoms with Crippen LogP contribution in [0.4, 0.5) is 0 Å². The van der Waals surface area contributed by atoms with Crippen LogP contribution in [0.2, 0.25) is 0 Å². The molecule has 5 heteroatoms. The lowest BCUT2D eigenvalue weighted by Gasteiger charge is -2.19. The molecular weight excluding hydrogens is 390 g/mol. The molecule has 0 bridgehead atoms. The van der Waals surface area contributed by atoms with E-state index in [9.17, 15) is 4.79 Å². The molecule has 0 atom stereocenters. The first kappa shape index (κ1) is 25.1. The molecule has 1 aromatic heterocycles. The summed E-state index contributed by atoms with van der Waals surface area (Å²) in [7, 11) is 1.65. The maximum atomic E-state index is 13.5. The number of nitrogens with zero attached hydrogens (tertiary/aromatic N) is 1. The number of benzene rings is 1. The Balaban J connectivity index is 2.44. The third kappa shape index (κ3) is 7.19. The standard InChI is InChI=1S/C26H41NO4/c1-5-8-11-12-13-14-17-27-23-20-21(29-4)15-16-22(23)24(30-18-9-6-2)25(26(27)28)31-19-10-7-3/h15-16,20H,5-14,17-19H2,1-4H3. The molecule has 5 nitrogen and oxygen atoms in total. The van der Waals surface area contributed by atoms with Crippen LogP contribution in [-0.2, 0) is 6.54 Å². The summed E-state index contributed by atoms with van der Waals surface area (Å²) in [5, 5.41) is 0.911. The molecular formula is C26H41NO4. The van der Waals surface area contributed by atoms with Crippen LogP contribution in [0.3, 0.4) is 0 Å².